The van der Waals surface area contributed by atoms with Gasteiger partial charge in [-0.05, 0) is 12.5 Å². The summed E-state index contributed by atoms with van der Waals surface area (Å²) in [6.45, 7) is 1.73. The average Bonchev–Trinajstić information content (AvgIpc) is 1.80. The zero-order valence-corrected chi connectivity index (χ0v) is 5.20. The first kappa shape index (κ1) is 6.46. The summed E-state index contributed by atoms with van der Waals surface area (Å²) in [5, 5.41) is 0. The predicted octanol–water partition coefficient (Wildman–Crippen LogP) is 2.73. The van der Waals surface area contributed by atoms with Crippen LogP contribution in [-0.2, 0) is 0 Å². The molecule has 1 atom stereocenters. The first-order valence-corrected chi connectivity index (χ1v) is 2.93. The van der Waals surface area contributed by atoms with E-state index in [9.17, 15) is 8.78 Å². The number of halogens is 2. The summed E-state index contributed by atoms with van der Waals surface area (Å²) >= 11 is 0. The quantitative estimate of drug-likeness (QED) is 0.473. The van der Waals surface area contributed by atoms with E-state index in [0.29, 0.717) is 6.42 Å². The maximum absolute atomic E-state index is 12.4. The van der Waals surface area contributed by atoms with Crippen LogP contribution in [0, 0.1) is 5.92 Å². The van der Waals surface area contributed by atoms with Crippen molar-refractivity contribution >= 4 is 0 Å². The Morgan fingerprint density at radius 1 is 1.56 bits per heavy atom. The molecule has 0 fully saturated rings. The van der Waals surface area contributed by atoms with Gasteiger partial charge in [0.1, 0.15) is 11.7 Å². The number of allylic oxidation sites excluding steroid dienone is 4. The highest BCUT2D eigenvalue weighted by molar-refractivity contribution is 5.20. The second-order valence-corrected chi connectivity index (χ2v) is 2.25. The fourth-order valence-corrected chi connectivity index (χ4v) is 0.735. The minimum atomic E-state index is -0.453. The molecule has 0 saturated heterocycles. The lowest BCUT2D eigenvalue weighted by atomic mass is 10.0. The fraction of sp³-hybridized carbons (Fsp3) is 0.429. The second-order valence-electron chi connectivity index (χ2n) is 2.25. The largest absolute Gasteiger partial charge is 0.211 e. The van der Waals surface area contributed by atoms with Crippen molar-refractivity contribution in [2.45, 2.75) is 13.3 Å². The van der Waals surface area contributed by atoms with Crippen molar-refractivity contribution in [2.75, 3.05) is 0 Å². The van der Waals surface area contributed by atoms with Gasteiger partial charge in [0.15, 0.2) is 0 Å². The van der Waals surface area contributed by atoms with Crippen LogP contribution in [0.3, 0.4) is 0 Å². The van der Waals surface area contributed by atoms with Gasteiger partial charge in [-0.25, -0.2) is 8.78 Å². The Labute approximate surface area is 52.9 Å². The molecule has 1 unspecified atom stereocenters. The predicted molar refractivity (Wildman–Crippen MR) is 32.2 cm³/mol. The average molecular weight is 130 g/mol. The molecule has 0 nitrogen and oxygen atoms in total. The van der Waals surface area contributed by atoms with Gasteiger partial charge in [-0.15, -0.1) is 0 Å². The lowest BCUT2D eigenvalue weighted by Crippen LogP contribution is -1.97. The van der Waals surface area contributed by atoms with Crippen molar-refractivity contribution in [3.05, 3.63) is 23.8 Å². The normalized spacial score (nSPS) is 27.2. The Hall–Kier alpha value is -0.660. The molecule has 0 saturated carbocycles. The maximum Gasteiger partial charge on any atom is 0.121 e. The summed E-state index contributed by atoms with van der Waals surface area (Å²) in [4.78, 5) is 0. The van der Waals surface area contributed by atoms with Crippen LogP contribution < -0.4 is 0 Å². The Morgan fingerprint density at radius 2 is 2.22 bits per heavy atom. The molecular formula is C7H8F2. The molecule has 1 aliphatic rings. The van der Waals surface area contributed by atoms with Gasteiger partial charge in [0.05, 0.1) is 0 Å². The van der Waals surface area contributed by atoms with Crippen molar-refractivity contribution < 1.29 is 8.78 Å². The Bertz CT molecular complexity index is 168. The molecule has 0 aromatic rings. The first-order valence-electron chi connectivity index (χ1n) is 2.93. The fourth-order valence-electron chi connectivity index (χ4n) is 0.735. The zero-order valence-electron chi connectivity index (χ0n) is 5.20. The van der Waals surface area contributed by atoms with Gasteiger partial charge >= 0.3 is 0 Å². The number of hydrogen-bond donors (Lipinski definition) is 0. The molecular weight excluding hydrogens is 122 g/mol. The molecule has 0 aromatic heterocycles. The van der Waals surface area contributed by atoms with Crippen LogP contribution in [0.5, 0.6) is 0 Å². The third-order valence-corrected chi connectivity index (χ3v) is 1.41. The van der Waals surface area contributed by atoms with Gasteiger partial charge < -0.3 is 0 Å². The summed E-state index contributed by atoms with van der Waals surface area (Å²) in [5.41, 5.74) is 0. The SMILES string of the molecule is CC1CC=C(F)C=C1F. The van der Waals surface area contributed by atoms with Crippen LogP contribution in [0.4, 0.5) is 8.78 Å². The molecule has 0 spiro atoms. The van der Waals surface area contributed by atoms with Crippen LogP contribution in [0.15, 0.2) is 23.8 Å². The third kappa shape index (κ3) is 1.37. The molecule has 0 amide bonds. The van der Waals surface area contributed by atoms with Crippen molar-refractivity contribution in [3.63, 3.8) is 0 Å². The molecule has 1 aliphatic carbocycles. The molecule has 0 aliphatic heterocycles. The van der Waals surface area contributed by atoms with Crippen LogP contribution in [0.1, 0.15) is 13.3 Å². The van der Waals surface area contributed by atoms with E-state index in [-0.39, 0.29) is 11.7 Å². The monoisotopic (exact) mass is 130 g/mol. The maximum atomic E-state index is 12.4. The highest BCUT2D eigenvalue weighted by Gasteiger charge is 2.11. The molecule has 9 heavy (non-hydrogen) atoms. The topological polar surface area (TPSA) is 0 Å². The van der Waals surface area contributed by atoms with Gasteiger partial charge in [-0.3, -0.25) is 0 Å². The Kier molecular flexibility index (Phi) is 1.65. The molecule has 0 N–H and O–H groups in total. The Morgan fingerprint density at radius 3 is 2.67 bits per heavy atom. The standard InChI is InChI=1S/C7H8F2/c1-5-2-3-6(8)4-7(5)9/h3-5H,2H2,1H3. The summed E-state index contributed by atoms with van der Waals surface area (Å²) in [5.74, 6) is -0.940. The molecule has 0 aromatic carbocycles. The molecule has 1 rings (SSSR count). The lowest BCUT2D eigenvalue weighted by Gasteiger charge is -2.08. The lowest BCUT2D eigenvalue weighted by molar-refractivity contribution is 0.474. The van der Waals surface area contributed by atoms with Crippen molar-refractivity contribution in [3.8, 4) is 0 Å². The minimum absolute atomic E-state index is 0.135. The van der Waals surface area contributed by atoms with Gasteiger partial charge in [-0.2, -0.15) is 0 Å². The molecule has 2 heteroatoms. The minimum Gasteiger partial charge on any atom is -0.211 e. The van der Waals surface area contributed by atoms with Gasteiger partial charge in [0, 0.05) is 12.0 Å². The van der Waals surface area contributed by atoms with E-state index in [1.54, 1.807) is 6.92 Å². The number of rotatable bonds is 0. The van der Waals surface area contributed by atoms with Crippen LogP contribution in [0.2, 0.25) is 0 Å². The van der Waals surface area contributed by atoms with Crippen molar-refractivity contribution in [1.29, 1.82) is 0 Å². The van der Waals surface area contributed by atoms with Crippen LogP contribution in [-0.4, -0.2) is 0 Å². The molecule has 0 radical (unpaired) electrons. The summed E-state index contributed by atoms with van der Waals surface area (Å²) in [7, 11) is 0. The van der Waals surface area contributed by atoms with Gasteiger partial charge in [0.2, 0.25) is 0 Å². The molecule has 0 bridgehead atoms. The van der Waals surface area contributed by atoms with Crippen molar-refractivity contribution in [2.24, 2.45) is 5.92 Å². The Balaban J connectivity index is 2.74. The van der Waals surface area contributed by atoms with Crippen molar-refractivity contribution in [1.82, 2.24) is 0 Å². The second kappa shape index (κ2) is 2.29. The van der Waals surface area contributed by atoms with Crippen LogP contribution >= 0.6 is 0 Å². The third-order valence-electron chi connectivity index (χ3n) is 1.41. The van der Waals surface area contributed by atoms with Gasteiger partial charge in [-0.1, -0.05) is 6.92 Å². The molecule has 0 heterocycles. The van der Waals surface area contributed by atoms with E-state index in [1.165, 1.54) is 6.08 Å². The number of hydrogen-bond acceptors (Lipinski definition) is 0. The smallest absolute Gasteiger partial charge is 0.121 e. The van der Waals surface area contributed by atoms with E-state index in [1.807, 2.05) is 0 Å². The highest BCUT2D eigenvalue weighted by atomic mass is 19.1. The first-order chi connectivity index (χ1) is 4.20. The summed E-state index contributed by atoms with van der Waals surface area (Å²) in [6.07, 6.45) is 2.82. The molecule has 50 valence electrons. The van der Waals surface area contributed by atoms with Crippen LogP contribution in [0.25, 0.3) is 0 Å². The summed E-state index contributed by atoms with van der Waals surface area (Å²) < 4.78 is 24.6. The van der Waals surface area contributed by atoms with E-state index < -0.39 is 5.83 Å². The van der Waals surface area contributed by atoms with E-state index in [2.05, 4.69) is 0 Å². The summed E-state index contributed by atoms with van der Waals surface area (Å²) in [6, 6.07) is 0. The van der Waals surface area contributed by atoms with E-state index in [4.69, 9.17) is 0 Å². The highest BCUT2D eigenvalue weighted by Crippen LogP contribution is 2.24. The van der Waals surface area contributed by atoms with E-state index in [0.717, 1.165) is 6.08 Å². The zero-order chi connectivity index (χ0) is 6.85. The van der Waals surface area contributed by atoms with Gasteiger partial charge in [0.25, 0.3) is 0 Å². The van der Waals surface area contributed by atoms with E-state index >= 15 is 0 Å².